The molecule has 1 atom stereocenters. The second-order valence-electron chi connectivity index (χ2n) is 7.02. The maximum absolute atomic E-state index is 12.3. The number of rotatable bonds is 6. The molecule has 0 spiro atoms. The number of anilines is 1. The molecule has 2 amide bonds. The summed E-state index contributed by atoms with van der Waals surface area (Å²) in [4.78, 5) is 39.2. The second kappa shape index (κ2) is 8.57. The molecule has 0 fully saturated rings. The molecule has 1 aromatic heterocycles. The van der Waals surface area contributed by atoms with Crippen molar-refractivity contribution in [2.45, 2.75) is 18.9 Å². The Hall–Kier alpha value is -3.72. The zero-order valence-corrected chi connectivity index (χ0v) is 17.3. The smallest absolute Gasteiger partial charge is 0.413 e. The standard InChI is InChI=1S/C22H19N3O5S/c1-12(20(27)28)23-19(26)18-11-31-21(24-18)25-22(29)30-10-17-15-8-4-2-6-13(15)14-7-3-5-9-16(14)17/h2-9,11-12,17H,10H2,1H3,(H,23,26)(H,27,28)(H,24,25,29). The molecule has 3 aromatic rings. The quantitative estimate of drug-likeness (QED) is 0.541. The van der Waals surface area contributed by atoms with E-state index in [0.29, 0.717) is 0 Å². The Labute approximate surface area is 181 Å². The number of fused-ring (bicyclic) bond motifs is 3. The number of carbonyl (C=O) groups excluding carboxylic acids is 2. The summed E-state index contributed by atoms with van der Waals surface area (Å²) < 4.78 is 5.45. The summed E-state index contributed by atoms with van der Waals surface area (Å²) in [5.74, 6) is -1.85. The van der Waals surface area contributed by atoms with Crippen LogP contribution in [0.4, 0.5) is 9.93 Å². The fourth-order valence-corrected chi connectivity index (χ4v) is 4.17. The van der Waals surface area contributed by atoms with E-state index < -0.39 is 24.0 Å². The first-order valence-electron chi connectivity index (χ1n) is 9.55. The maximum Gasteiger partial charge on any atom is 0.413 e. The van der Waals surface area contributed by atoms with Gasteiger partial charge in [0.25, 0.3) is 5.91 Å². The van der Waals surface area contributed by atoms with E-state index in [1.165, 1.54) is 12.3 Å². The molecule has 3 N–H and O–H groups in total. The molecule has 2 aromatic carbocycles. The average Bonchev–Trinajstić information content (AvgIpc) is 3.35. The van der Waals surface area contributed by atoms with Gasteiger partial charge in [0.1, 0.15) is 18.3 Å². The van der Waals surface area contributed by atoms with Crippen molar-refractivity contribution in [3.05, 3.63) is 70.7 Å². The molecule has 8 nitrogen and oxygen atoms in total. The Kier molecular flexibility index (Phi) is 5.68. The summed E-state index contributed by atoms with van der Waals surface area (Å²) in [6.07, 6.45) is -0.679. The lowest BCUT2D eigenvalue weighted by Crippen LogP contribution is -2.38. The van der Waals surface area contributed by atoms with Crippen molar-refractivity contribution in [3.8, 4) is 11.1 Å². The van der Waals surface area contributed by atoms with E-state index in [1.807, 2.05) is 36.4 Å². The molecule has 0 saturated carbocycles. The highest BCUT2D eigenvalue weighted by molar-refractivity contribution is 7.14. The van der Waals surface area contributed by atoms with Crippen molar-refractivity contribution in [3.63, 3.8) is 0 Å². The molecule has 1 heterocycles. The van der Waals surface area contributed by atoms with Gasteiger partial charge in [-0.25, -0.2) is 9.78 Å². The van der Waals surface area contributed by atoms with E-state index in [0.717, 1.165) is 33.6 Å². The van der Waals surface area contributed by atoms with Gasteiger partial charge < -0.3 is 15.2 Å². The van der Waals surface area contributed by atoms with E-state index in [2.05, 4.69) is 27.8 Å². The SMILES string of the molecule is CC(NC(=O)c1csc(NC(=O)OCC2c3ccccc3-c3ccccc32)n1)C(=O)O. The van der Waals surface area contributed by atoms with Crippen LogP contribution in [0.5, 0.6) is 0 Å². The first-order chi connectivity index (χ1) is 14.9. The highest BCUT2D eigenvalue weighted by atomic mass is 32.1. The molecule has 0 bridgehead atoms. The summed E-state index contributed by atoms with van der Waals surface area (Å²) in [5.41, 5.74) is 4.51. The van der Waals surface area contributed by atoms with Crippen LogP contribution in [0.2, 0.25) is 0 Å². The van der Waals surface area contributed by atoms with E-state index in [-0.39, 0.29) is 23.4 Å². The Bertz CT molecular complexity index is 1110. The van der Waals surface area contributed by atoms with Gasteiger partial charge in [0, 0.05) is 11.3 Å². The Morgan fingerprint density at radius 2 is 1.71 bits per heavy atom. The number of carboxylic acid groups (broad SMARTS) is 1. The lowest BCUT2D eigenvalue weighted by atomic mass is 9.98. The third-order valence-electron chi connectivity index (χ3n) is 5.01. The third-order valence-corrected chi connectivity index (χ3v) is 5.77. The predicted molar refractivity (Wildman–Crippen MR) is 115 cm³/mol. The molecule has 1 aliphatic carbocycles. The molecule has 1 unspecified atom stereocenters. The van der Waals surface area contributed by atoms with Crippen LogP contribution in [0.3, 0.4) is 0 Å². The molecular formula is C22H19N3O5S. The first-order valence-corrected chi connectivity index (χ1v) is 10.4. The summed E-state index contributed by atoms with van der Waals surface area (Å²) in [6.45, 7) is 1.51. The van der Waals surface area contributed by atoms with Crippen LogP contribution in [0.25, 0.3) is 11.1 Å². The van der Waals surface area contributed by atoms with Crippen LogP contribution in [0, 0.1) is 0 Å². The number of thiazole rings is 1. The number of nitrogens with zero attached hydrogens (tertiary/aromatic N) is 1. The fraction of sp³-hybridized carbons (Fsp3) is 0.182. The number of amides is 2. The van der Waals surface area contributed by atoms with Crippen LogP contribution >= 0.6 is 11.3 Å². The zero-order valence-electron chi connectivity index (χ0n) is 16.5. The van der Waals surface area contributed by atoms with Gasteiger partial charge in [0.05, 0.1) is 0 Å². The molecule has 31 heavy (non-hydrogen) atoms. The van der Waals surface area contributed by atoms with Crippen LogP contribution in [0.1, 0.15) is 34.5 Å². The number of aliphatic carboxylic acids is 1. The second-order valence-corrected chi connectivity index (χ2v) is 7.88. The summed E-state index contributed by atoms with van der Waals surface area (Å²) >= 11 is 1.05. The molecule has 1 aliphatic rings. The number of hydrogen-bond acceptors (Lipinski definition) is 6. The number of benzene rings is 2. The molecule has 0 radical (unpaired) electrons. The summed E-state index contributed by atoms with van der Waals surface area (Å²) in [5, 5.41) is 15.3. The first kappa shape index (κ1) is 20.5. The number of hydrogen-bond donors (Lipinski definition) is 3. The molecular weight excluding hydrogens is 418 g/mol. The largest absolute Gasteiger partial charge is 0.480 e. The van der Waals surface area contributed by atoms with Crippen molar-refractivity contribution in [1.29, 1.82) is 0 Å². The predicted octanol–water partition coefficient (Wildman–Crippen LogP) is 3.71. The lowest BCUT2D eigenvalue weighted by molar-refractivity contribution is -0.138. The monoisotopic (exact) mass is 437 g/mol. The number of carboxylic acids is 1. The molecule has 0 aliphatic heterocycles. The van der Waals surface area contributed by atoms with Crippen molar-refractivity contribution in [2.75, 3.05) is 11.9 Å². The van der Waals surface area contributed by atoms with Crippen molar-refractivity contribution >= 4 is 34.4 Å². The lowest BCUT2D eigenvalue weighted by Gasteiger charge is -2.14. The van der Waals surface area contributed by atoms with E-state index >= 15 is 0 Å². The maximum atomic E-state index is 12.3. The minimum atomic E-state index is -1.15. The minimum Gasteiger partial charge on any atom is -0.480 e. The topological polar surface area (TPSA) is 118 Å². The van der Waals surface area contributed by atoms with E-state index in [1.54, 1.807) is 0 Å². The molecule has 158 valence electrons. The average molecular weight is 437 g/mol. The zero-order chi connectivity index (χ0) is 22.0. The van der Waals surface area contributed by atoms with Crippen molar-refractivity contribution < 1.29 is 24.2 Å². The minimum absolute atomic E-state index is 0.0204. The van der Waals surface area contributed by atoms with Crippen LogP contribution in [0.15, 0.2) is 53.9 Å². The van der Waals surface area contributed by atoms with Gasteiger partial charge in [-0.1, -0.05) is 48.5 Å². The van der Waals surface area contributed by atoms with Gasteiger partial charge in [0.15, 0.2) is 5.13 Å². The fourth-order valence-electron chi connectivity index (χ4n) is 3.49. The van der Waals surface area contributed by atoms with Gasteiger partial charge in [-0.3, -0.25) is 14.9 Å². The summed E-state index contributed by atoms with van der Waals surface area (Å²) in [6, 6.07) is 15.0. The normalized spacial score (nSPS) is 13.1. The number of aromatic nitrogens is 1. The van der Waals surface area contributed by atoms with Crippen LogP contribution in [-0.2, 0) is 9.53 Å². The number of nitrogens with one attached hydrogen (secondary N) is 2. The van der Waals surface area contributed by atoms with Crippen molar-refractivity contribution in [1.82, 2.24) is 10.3 Å². The van der Waals surface area contributed by atoms with E-state index in [9.17, 15) is 14.4 Å². The number of carbonyl (C=O) groups is 3. The highest BCUT2D eigenvalue weighted by Gasteiger charge is 2.29. The Morgan fingerprint density at radius 3 is 2.32 bits per heavy atom. The van der Waals surface area contributed by atoms with Crippen LogP contribution < -0.4 is 10.6 Å². The van der Waals surface area contributed by atoms with Crippen molar-refractivity contribution in [2.24, 2.45) is 0 Å². The Balaban J connectivity index is 1.38. The van der Waals surface area contributed by atoms with Gasteiger partial charge in [0.2, 0.25) is 0 Å². The van der Waals surface area contributed by atoms with Gasteiger partial charge in [-0.2, -0.15) is 0 Å². The molecule has 4 rings (SSSR count). The van der Waals surface area contributed by atoms with Gasteiger partial charge in [-0.15, -0.1) is 11.3 Å². The third kappa shape index (κ3) is 4.26. The Morgan fingerprint density at radius 1 is 1.10 bits per heavy atom. The van der Waals surface area contributed by atoms with Gasteiger partial charge in [-0.05, 0) is 29.2 Å². The number of ether oxygens (including phenoxy) is 1. The molecule has 9 heteroatoms. The van der Waals surface area contributed by atoms with Gasteiger partial charge >= 0.3 is 12.1 Å². The van der Waals surface area contributed by atoms with Crippen LogP contribution in [-0.4, -0.2) is 40.7 Å². The summed E-state index contributed by atoms with van der Waals surface area (Å²) in [7, 11) is 0. The molecule has 0 saturated heterocycles. The van der Waals surface area contributed by atoms with E-state index in [4.69, 9.17) is 9.84 Å². The highest BCUT2D eigenvalue weighted by Crippen LogP contribution is 2.44.